The predicted molar refractivity (Wildman–Crippen MR) is 74.9 cm³/mol. The van der Waals surface area contributed by atoms with E-state index >= 15 is 0 Å². The van der Waals surface area contributed by atoms with E-state index < -0.39 is 11.4 Å². The Morgan fingerprint density at radius 1 is 1.21 bits per heavy atom. The molecule has 0 saturated heterocycles. The van der Waals surface area contributed by atoms with Crippen LogP contribution >= 0.6 is 0 Å². The van der Waals surface area contributed by atoms with Crippen LogP contribution in [0.25, 0.3) is 0 Å². The van der Waals surface area contributed by atoms with Gasteiger partial charge in [-0.3, -0.25) is 9.59 Å². The second-order valence-corrected chi connectivity index (χ2v) is 6.36. The van der Waals surface area contributed by atoms with Crippen LogP contribution in [0.2, 0.25) is 0 Å². The summed E-state index contributed by atoms with van der Waals surface area (Å²) in [6.07, 6.45) is 9.24. The van der Waals surface area contributed by atoms with Crippen LogP contribution in [0, 0.1) is 11.3 Å². The average Bonchev–Trinajstić information content (AvgIpc) is 2.37. The van der Waals surface area contributed by atoms with Crippen molar-refractivity contribution in [1.29, 1.82) is 0 Å². The molecule has 0 aliphatic heterocycles. The Bertz CT molecular complexity index is 307. The van der Waals surface area contributed by atoms with Gasteiger partial charge in [0, 0.05) is 13.0 Å². The first kappa shape index (κ1) is 16.0. The molecule has 1 amide bonds. The summed E-state index contributed by atoms with van der Waals surface area (Å²) in [6, 6.07) is 0. The van der Waals surface area contributed by atoms with Crippen LogP contribution in [0.15, 0.2) is 0 Å². The summed E-state index contributed by atoms with van der Waals surface area (Å²) in [5.41, 5.74) is -0.890. The van der Waals surface area contributed by atoms with E-state index in [1.165, 1.54) is 32.1 Å². The van der Waals surface area contributed by atoms with Crippen LogP contribution in [0.3, 0.4) is 0 Å². The first-order chi connectivity index (χ1) is 8.92. The lowest BCUT2D eigenvalue weighted by molar-refractivity contribution is -0.146. The zero-order valence-electron chi connectivity index (χ0n) is 12.2. The van der Waals surface area contributed by atoms with Crippen LogP contribution in [0.1, 0.15) is 65.2 Å². The molecule has 1 saturated carbocycles. The maximum absolute atomic E-state index is 11.6. The van der Waals surface area contributed by atoms with E-state index in [2.05, 4.69) is 5.32 Å². The van der Waals surface area contributed by atoms with Crippen molar-refractivity contribution >= 4 is 11.9 Å². The van der Waals surface area contributed by atoms with Crippen LogP contribution in [0.5, 0.6) is 0 Å². The molecule has 0 aromatic heterocycles. The quantitative estimate of drug-likeness (QED) is 0.746. The fraction of sp³-hybridized carbons (Fsp3) is 0.867. The summed E-state index contributed by atoms with van der Waals surface area (Å²) < 4.78 is 0. The van der Waals surface area contributed by atoms with Gasteiger partial charge in [-0.2, -0.15) is 0 Å². The summed E-state index contributed by atoms with van der Waals surface area (Å²) >= 11 is 0. The molecule has 0 aromatic rings. The van der Waals surface area contributed by atoms with E-state index in [0.29, 0.717) is 6.42 Å². The fourth-order valence-corrected chi connectivity index (χ4v) is 2.51. The molecule has 0 heterocycles. The van der Waals surface area contributed by atoms with Gasteiger partial charge < -0.3 is 10.4 Å². The highest BCUT2D eigenvalue weighted by Crippen LogP contribution is 2.27. The third-order valence-electron chi connectivity index (χ3n) is 4.05. The number of rotatable bonds is 7. The van der Waals surface area contributed by atoms with E-state index in [1.807, 2.05) is 0 Å². The van der Waals surface area contributed by atoms with Crippen molar-refractivity contribution in [3.05, 3.63) is 0 Å². The van der Waals surface area contributed by atoms with E-state index in [9.17, 15) is 9.59 Å². The molecule has 110 valence electrons. The number of carbonyl (C=O) groups excluding carboxylic acids is 1. The predicted octanol–water partition coefficient (Wildman–Crippen LogP) is 2.96. The number of carboxylic acids is 1. The first-order valence-corrected chi connectivity index (χ1v) is 7.42. The van der Waals surface area contributed by atoms with Gasteiger partial charge in [0.05, 0.1) is 5.41 Å². The van der Waals surface area contributed by atoms with Gasteiger partial charge in [-0.1, -0.05) is 32.1 Å². The van der Waals surface area contributed by atoms with Crippen molar-refractivity contribution < 1.29 is 14.7 Å². The molecule has 0 aromatic carbocycles. The number of carbonyl (C=O) groups is 2. The van der Waals surface area contributed by atoms with Gasteiger partial charge in [0.15, 0.2) is 0 Å². The van der Waals surface area contributed by atoms with Crippen molar-refractivity contribution in [1.82, 2.24) is 5.32 Å². The minimum Gasteiger partial charge on any atom is -0.481 e. The molecule has 4 heteroatoms. The Kier molecular flexibility index (Phi) is 6.32. The van der Waals surface area contributed by atoms with Crippen molar-refractivity contribution in [2.75, 3.05) is 6.54 Å². The van der Waals surface area contributed by atoms with Gasteiger partial charge in [0.25, 0.3) is 0 Å². The summed E-state index contributed by atoms with van der Waals surface area (Å²) in [4.78, 5) is 22.6. The SMILES string of the molecule is CC(C)(CNC(=O)CCCC1CCCCC1)C(=O)O. The van der Waals surface area contributed by atoms with Gasteiger partial charge in [-0.25, -0.2) is 0 Å². The van der Waals surface area contributed by atoms with Crippen molar-refractivity contribution in [3.63, 3.8) is 0 Å². The standard InChI is InChI=1S/C15H27NO3/c1-15(2,14(18)19)11-16-13(17)10-6-9-12-7-4-3-5-8-12/h12H,3-11H2,1-2H3,(H,16,17)(H,18,19). The lowest BCUT2D eigenvalue weighted by atomic mass is 9.86. The fourth-order valence-electron chi connectivity index (χ4n) is 2.51. The van der Waals surface area contributed by atoms with Gasteiger partial charge in [-0.15, -0.1) is 0 Å². The average molecular weight is 269 g/mol. The monoisotopic (exact) mass is 269 g/mol. The number of nitrogens with one attached hydrogen (secondary N) is 1. The van der Waals surface area contributed by atoms with Gasteiger partial charge in [-0.05, 0) is 32.6 Å². The molecule has 19 heavy (non-hydrogen) atoms. The van der Waals surface area contributed by atoms with Crippen molar-refractivity contribution in [2.24, 2.45) is 11.3 Å². The molecule has 1 aliphatic carbocycles. The molecule has 0 atom stereocenters. The van der Waals surface area contributed by atoms with Crippen molar-refractivity contribution in [2.45, 2.75) is 65.2 Å². The van der Waals surface area contributed by atoms with Crippen LogP contribution in [0.4, 0.5) is 0 Å². The largest absolute Gasteiger partial charge is 0.481 e. The Labute approximate surface area is 116 Å². The van der Waals surface area contributed by atoms with Gasteiger partial charge in [0.1, 0.15) is 0 Å². The van der Waals surface area contributed by atoms with Gasteiger partial charge >= 0.3 is 5.97 Å². The molecule has 0 spiro atoms. The Balaban J connectivity index is 2.12. The maximum Gasteiger partial charge on any atom is 0.310 e. The Morgan fingerprint density at radius 3 is 2.42 bits per heavy atom. The summed E-state index contributed by atoms with van der Waals surface area (Å²) in [6.45, 7) is 3.44. The van der Waals surface area contributed by atoms with E-state index in [4.69, 9.17) is 5.11 Å². The molecule has 1 aliphatic rings. The van der Waals surface area contributed by atoms with Crippen molar-refractivity contribution in [3.8, 4) is 0 Å². The molecule has 0 radical (unpaired) electrons. The van der Waals surface area contributed by atoms with Gasteiger partial charge in [0.2, 0.25) is 5.91 Å². The molecule has 0 unspecified atom stereocenters. The second kappa shape index (κ2) is 7.51. The number of aliphatic carboxylic acids is 1. The zero-order valence-corrected chi connectivity index (χ0v) is 12.2. The van der Waals surface area contributed by atoms with E-state index in [1.54, 1.807) is 13.8 Å². The zero-order chi connectivity index (χ0) is 14.3. The topological polar surface area (TPSA) is 66.4 Å². The molecule has 1 fully saturated rings. The number of carboxylic acid groups (broad SMARTS) is 1. The number of hydrogen-bond donors (Lipinski definition) is 2. The lowest BCUT2D eigenvalue weighted by Gasteiger charge is -2.21. The highest BCUT2D eigenvalue weighted by molar-refractivity contribution is 5.78. The van der Waals surface area contributed by atoms with E-state index in [-0.39, 0.29) is 12.5 Å². The molecule has 2 N–H and O–H groups in total. The Morgan fingerprint density at radius 2 is 1.84 bits per heavy atom. The number of amides is 1. The normalized spacial score (nSPS) is 17.2. The van der Waals surface area contributed by atoms with E-state index in [0.717, 1.165) is 18.8 Å². The second-order valence-electron chi connectivity index (χ2n) is 6.36. The minimum absolute atomic E-state index is 0.0230. The summed E-state index contributed by atoms with van der Waals surface area (Å²) in [7, 11) is 0. The Hall–Kier alpha value is -1.06. The molecule has 4 nitrogen and oxygen atoms in total. The summed E-state index contributed by atoms with van der Waals surface area (Å²) in [5, 5.41) is 11.7. The lowest BCUT2D eigenvalue weighted by Crippen LogP contribution is -2.38. The third kappa shape index (κ3) is 6.08. The van der Waals surface area contributed by atoms with Crippen LogP contribution in [-0.2, 0) is 9.59 Å². The van der Waals surface area contributed by atoms with Crippen LogP contribution in [-0.4, -0.2) is 23.5 Å². The third-order valence-corrected chi connectivity index (χ3v) is 4.05. The molecular formula is C15H27NO3. The smallest absolute Gasteiger partial charge is 0.310 e. The summed E-state index contributed by atoms with van der Waals surface area (Å²) in [5.74, 6) is -0.0999. The maximum atomic E-state index is 11.6. The number of hydrogen-bond acceptors (Lipinski definition) is 2. The minimum atomic E-state index is -0.890. The molecule has 0 bridgehead atoms. The molecule has 1 rings (SSSR count). The highest BCUT2D eigenvalue weighted by Gasteiger charge is 2.27. The molecular weight excluding hydrogens is 242 g/mol. The van der Waals surface area contributed by atoms with Crippen LogP contribution < -0.4 is 5.32 Å². The first-order valence-electron chi connectivity index (χ1n) is 7.42. The highest BCUT2D eigenvalue weighted by atomic mass is 16.4.